The number of carbonyl (C=O) groups is 1. The average Bonchev–Trinajstić information content (AvgIpc) is 3.06. The number of epoxide rings is 1. The third-order valence-corrected chi connectivity index (χ3v) is 3.73. The molecule has 0 aromatic heterocycles. The molecule has 94 valence electrons. The third kappa shape index (κ3) is 1.61. The first kappa shape index (κ1) is 11.2. The van der Waals surface area contributed by atoms with Crippen LogP contribution < -0.4 is 0 Å². The number of aliphatic hydroxyl groups excluding tert-OH is 2. The average molecular weight is 240 g/mol. The Balaban J connectivity index is 1.91. The van der Waals surface area contributed by atoms with Gasteiger partial charge < -0.3 is 19.7 Å². The SMILES string of the molecule is CCCC1CC2=C(C(=O)O1)C(O)C1OC1C2O. The van der Waals surface area contributed by atoms with Crippen molar-refractivity contribution < 1.29 is 24.5 Å². The Morgan fingerprint density at radius 2 is 2.00 bits per heavy atom. The second-order valence-corrected chi connectivity index (χ2v) is 4.91. The van der Waals surface area contributed by atoms with E-state index in [1.807, 2.05) is 6.92 Å². The highest BCUT2D eigenvalue weighted by molar-refractivity contribution is 5.92. The van der Waals surface area contributed by atoms with E-state index in [1.54, 1.807) is 0 Å². The lowest BCUT2D eigenvalue weighted by atomic mass is 9.82. The third-order valence-electron chi connectivity index (χ3n) is 3.73. The van der Waals surface area contributed by atoms with Gasteiger partial charge in [-0.25, -0.2) is 4.79 Å². The van der Waals surface area contributed by atoms with Gasteiger partial charge in [-0.15, -0.1) is 0 Å². The fourth-order valence-electron chi connectivity index (χ4n) is 2.82. The van der Waals surface area contributed by atoms with E-state index in [9.17, 15) is 15.0 Å². The van der Waals surface area contributed by atoms with Gasteiger partial charge in [-0.1, -0.05) is 13.3 Å². The molecule has 5 atom stereocenters. The second-order valence-electron chi connectivity index (χ2n) is 4.91. The Kier molecular flexibility index (Phi) is 2.50. The molecule has 5 heteroatoms. The number of rotatable bonds is 2. The van der Waals surface area contributed by atoms with Crippen molar-refractivity contribution >= 4 is 5.97 Å². The van der Waals surface area contributed by atoms with Crippen molar-refractivity contribution in [2.75, 3.05) is 0 Å². The van der Waals surface area contributed by atoms with Crippen molar-refractivity contribution in [1.29, 1.82) is 0 Å². The fraction of sp³-hybridized carbons (Fsp3) is 0.750. The largest absolute Gasteiger partial charge is 0.459 e. The minimum absolute atomic E-state index is 0.177. The van der Waals surface area contributed by atoms with Gasteiger partial charge in [0.25, 0.3) is 0 Å². The van der Waals surface area contributed by atoms with Crippen LogP contribution in [-0.2, 0) is 14.3 Å². The molecule has 3 aliphatic rings. The molecule has 0 aromatic carbocycles. The maximum atomic E-state index is 11.8. The predicted molar refractivity (Wildman–Crippen MR) is 57.1 cm³/mol. The highest BCUT2D eigenvalue weighted by Crippen LogP contribution is 2.44. The number of hydrogen-bond donors (Lipinski definition) is 2. The molecule has 17 heavy (non-hydrogen) atoms. The van der Waals surface area contributed by atoms with E-state index >= 15 is 0 Å². The molecule has 0 radical (unpaired) electrons. The van der Waals surface area contributed by atoms with Crippen LogP contribution in [0.1, 0.15) is 26.2 Å². The van der Waals surface area contributed by atoms with Crippen LogP contribution in [0.15, 0.2) is 11.1 Å². The molecule has 1 aliphatic carbocycles. The highest BCUT2D eigenvalue weighted by Gasteiger charge is 2.58. The number of carbonyl (C=O) groups excluding carboxylic acids is 1. The first-order valence-corrected chi connectivity index (χ1v) is 6.09. The van der Waals surface area contributed by atoms with E-state index in [4.69, 9.17) is 9.47 Å². The van der Waals surface area contributed by atoms with Crippen LogP contribution in [0.4, 0.5) is 0 Å². The summed E-state index contributed by atoms with van der Waals surface area (Å²) in [6.07, 6.45) is -0.430. The van der Waals surface area contributed by atoms with Crippen molar-refractivity contribution in [3.8, 4) is 0 Å². The minimum Gasteiger partial charge on any atom is -0.459 e. The van der Waals surface area contributed by atoms with Gasteiger partial charge in [0.2, 0.25) is 0 Å². The summed E-state index contributed by atoms with van der Waals surface area (Å²) in [6.45, 7) is 2.02. The van der Waals surface area contributed by atoms with Crippen LogP contribution in [0.2, 0.25) is 0 Å². The summed E-state index contributed by atoms with van der Waals surface area (Å²) >= 11 is 0. The van der Waals surface area contributed by atoms with Crippen molar-refractivity contribution in [2.45, 2.75) is 56.7 Å². The molecule has 3 rings (SSSR count). The Labute approximate surface area is 99.0 Å². The summed E-state index contributed by atoms with van der Waals surface area (Å²) < 4.78 is 10.4. The molecule has 1 fully saturated rings. The first-order chi connectivity index (χ1) is 8.13. The van der Waals surface area contributed by atoms with Crippen molar-refractivity contribution in [3.63, 3.8) is 0 Å². The zero-order valence-corrected chi connectivity index (χ0v) is 9.63. The molecule has 0 saturated carbocycles. The van der Waals surface area contributed by atoms with Gasteiger partial charge in [-0.05, 0) is 12.0 Å². The van der Waals surface area contributed by atoms with E-state index in [-0.39, 0.29) is 17.8 Å². The maximum absolute atomic E-state index is 11.8. The number of ether oxygens (including phenoxy) is 2. The number of esters is 1. The van der Waals surface area contributed by atoms with Gasteiger partial charge in [-0.3, -0.25) is 0 Å². The van der Waals surface area contributed by atoms with Gasteiger partial charge in [0.1, 0.15) is 30.5 Å². The number of hydrogen-bond acceptors (Lipinski definition) is 5. The maximum Gasteiger partial charge on any atom is 0.337 e. The molecule has 2 aliphatic heterocycles. The smallest absolute Gasteiger partial charge is 0.337 e. The number of aliphatic hydroxyl groups is 2. The molecule has 0 spiro atoms. The topological polar surface area (TPSA) is 79.3 Å². The second kappa shape index (κ2) is 3.80. The Morgan fingerprint density at radius 1 is 1.29 bits per heavy atom. The Hall–Kier alpha value is -0.910. The molecule has 5 nitrogen and oxygen atoms in total. The molecule has 2 N–H and O–H groups in total. The van der Waals surface area contributed by atoms with E-state index in [1.165, 1.54) is 0 Å². The Morgan fingerprint density at radius 3 is 2.71 bits per heavy atom. The fourth-order valence-corrected chi connectivity index (χ4v) is 2.82. The monoisotopic (exact) mass is 240 g/mol. The van der Waals surface area contributed by atoms with E-state index in [0.29, 0.717) is 12.0 Å². The normalized spacial score (nSPS) is 43.9. The lowest BCUT2D eigenvalue weighted by Gasteiger charge is -2.32. The molecule has 0 amide bonds. The first-order valence-electron chi connectivity index (χ1n) is 6.09. The van der Waals surface area contributed by atoms with Crippen LogP contribution in [0, 0.1) is 0 Å². The van der Waals surface area contributed by atoms with Crippen LogP contribution in [0.5, 0.6) is 0 Å². The zero-order chi connectivity index (χ0) is 12.2. The van der Waals surface area contributed by atoms with Crippen molar-refractivity contribution in [1.82, 2.24) is 0 Å². The lowest BCUT2D eigenvalue weighted by Crippen LogP contribution is -2.43. The van der Waals surface area contributed by atoms with Gasteiger partial charge in [-0.2, -0.15) is 0 Å². The zero-order valence-electron chi connectivity index (χ0n) is 9.63. The van der Waals surface area contributed by atoms with E-state index < -0.39 is 24.3 Å². The van der Waals surface area contributed by atoms with Crippen LogP contribution in [0.3, 0.4) is 0 Å². The van der Waals surface area contributed by atoms with Gasteiger partial charge in [0.15, 0.2) is 0 Å². The standard InChI is InChI=1S/C12H16O5/c1-2-3-5-4-6-7(12(15)16-5)9(14)11-10(17-11)8(6)13/h5,8-11,13-14H,2-4H2,1H3. The van der Waals surface area contributed by atoms with E-state index in [2.05, 4.69) is 0 Å². The van der Waals surface area contributed by atoms with Gasteiger partial charge >= 0.3 is 5.97 Å². The quantitative estimate of drug-likeness (QED) is 0.520. The molecular formula is C12H16O5. The lowest BCUT2D eigenvalue weighted by molar-refractivity contribution is -0.148. The van der Waals surface area contributed by atoms with Crippen LogP contribution in [-0.4, -0.2) is 46.7 Å². The summed E-state index contributed by atoms with van der Waals surface area (Å²) in [4.78, 5) is 11.8. The van der Waals surface area contributed by atoms with Crippen molar-refractivity contribution in [2.24, 2.45) is 0 Å². The van der Waals surface area contributed by atoms with Gasteiger partial charge in [0.05, 0.1) is 5.57 Å². The summed E-state index contributed by atoms with van der Waals surface area (Å²) in [5, 5.41) is 20.0. The molecular weight excluding hydrogens is 224 g/mol. The van der Waals surface area contributed by atoms with Crippen molar-refractivity contribution in [3.05, 3.63) is 11.1 Å². The minimum atomic E-state index is -0.937. The summed E-state index contributed by atoms with van der Waals surface area (Å²) in [6, 6.07) is 0. The van der Waals surface area contributed by atoms with Crippen LogP contribution >= 0.6 is 0 Å². The Bertz CT molecular complexity index is 388. The predicted octanol–water partition coefficient (Wildman–Crippen LogP) is -0.0986. The number of cyclic esters (lactones) is 1. The van der Waals surface area contributed by atoms with Crippen LogP contribution in [0.25, 0.3) is 0 Å². The summed E-state index contributed by atoms with van der Waals surface area (Å²) in [5.41, 5.74) is 0.842. The number of fused-ring (bicyclic) bond motifs is 1. The summed E-state index contributed by atoms with van der Waals surface area (Å²) in [7, 11) is 0. The molecule has 0 aromatic rings. The molecule has 1 saturated heterocycles. The highest BCUT2D eigenvalue weighted by atomic mass is 16.6. The molecule has 2 heterocycles. The summed E-state index contributed by atoms with van der Waals surface area (Å²) in [5.74, 6) is -0.495. The van der Waals surface area contributed by atoms with Gasteiger partial charge in [0, 0.05) is 6.42 Å². The molecule has 5 unspecified atom stereocenters. The van der Waals surface area contributed by atoms with E-state index in [0.717, 1.165) is 12.8 Å². The molecule has 0 bridgehead atoms.